The summed E-state index contributed by atoms with van der Waals surface area (Å²) in [5.74, 6) is -0.626. The van der Waals surface area contributed by atoms with Crippen molar-refractivity contribution < 1.29 is 18.8 Å². The van der Waals surface area contributed by atoms with Crippen molar-refractivity contribution in [3.63, 3.8) is 0 Å². The summed E-state index contributed by atoms with van der Waals surface area (Å²) in [4.78, 5) is 44.8. The maximum absolute atomic E-state index is 13.4. The van der Waals surface area contributed by atoms with E-state index in [1.54, 1.807) is 28.9 Å². The predicted molar refractivity (Wildman–Crippen MR) is 119 cm³/mol. The molecular weight excluding hydrogens is 411 g/mol. The predicted octanol–water partition coefficient (Wildman–Crippen LogP) is 2.88. The molecule has 4 rings (SSSR count). The van der Waals surface area contributed by atoms with Gasteiger partial charge in [-0.15, -0.1) is 0 Å². The lowest BCUT2D eigenvalue weighted by Gasteiger charge is -2.38. The van der Waals surface area contributed by atoms with Gasteiger partial charge in [-0.2, -0.15) is 0 Å². The Hall–Kier alpha value is -2.90. The molecule has 2 aliphatic rings. The number of fused-ring (bicyclic) bond motifs is 1. The van der Waals surface area contributed by atoms with Gasteiger partial charge in [0, 0.05) is 43.5 Å². The van der Waals surface area contributed by atoms with Crippen molar-refractivity contribution >= 4 is 28.6 Å². The Morgan fingerprint density at radius 2 is 1.75 bits per heavy atom. The van der Waals surface area contributed by atoms with Crippen LogP contribution < -0.4 is 5.32 Å². The van der Waals surface area contributed by atoms with Gasteiger partial charge in [-0.25, -0.2) is 4.39 Å². The number of hydrogen-bond acceptors (Lipinski definition) is 3. The highest BCUT2D eigenvalue weighted by atomic mass is 19.1. The molecule has 32 heavy (non-hydrogen) atoms. The zero-order valence-corrected chi connectivity index (χ0v) is 18.4. The van der Waals surface area contributed by atoms with Crippen LogP contribution in [0.1, 0.15) is 49.5 Å². The third-order valence-electron chi connectivity index (χ3n) is 6.64. The molecule has 3 amide bonds. The number of piperazine rings is 1. The van der Waals surface area contributed by atoms with Crippen molar-refractivity contribution in [3.8, 4) is 0 Å². The van der Waals surface area contributed by atoms with E-state index in [1.165, 1.54) is 25.0 Å². The fourth-order valence-electron chi connectivity index (χ4n) is 4.80. The van der Waals surface area contributed by atoms with Crippen LogP contribution in [0.3, 0.4) is 0 Å². The molecule has 1 aliphatic carbocycles. The highest BCUT2D eigenvalue weighted by Gasteiger charge is 2.35. The fourth-order valence-corrected chi connectivity index (χ4v) is 4.80. The number of nitrogens with zero attached hydrogens (tertiary/aromatic N) is 2. The number of amides is 3. The van der Waals surface area contributed by atoms with E-state index in [0.29, 0.717) is 42.8 Å². The topological polar surface area (TPSA) is 85.5 Å². The molecule has 2 N–H and O–H groups in total. The molecule has 2 heterocycles. The maximum atomic E-state index is 13.4. The average molecular weight is 442 g/mol. The molecular formula is C24H30FN4O3. The third kappa shape index (κ3) is 4.79. The Bertz CT molecular complexity index is 990. The molecule has 8 heteroatoms. The summed E-state index contributed by atoms with van der Waals surface area (Å²) in [5, 5.41) is 3.56. The lowest BCUT2D eigenvalue weighted by Crippen LogP contribution is -2.57. The number of benzene rings is 1. The largest absolute Gasteiger partial charge is 0.351 e. The smallest absolute Gasteiger partial charge is 0.270 e. The van der Waals surface area contributed by atoms with Gasteiger partial charge in [-0.05, 0) is 43.0 Å². The number of carbonyl (C=O) groups is 3. The molecule has 7 nitrogen and oxygen atoms in total. The number of aromatic nitrogens is 1. The zero-order chi connectivity index (χ0) is 22.7. The number of hydrogen-bond donors (Lipinski definition) is 2. The number of nitrogens with one attached hydrogen (secondary N) is 2. The first kappa shape index (κ1) is 22.3. The van der Waals surface area contributed by atoms with Crippen LogP contribution in [0.15, 0.2) is 24.3 Å². The second kappa shape index (κ2) is 9.71. The SMILES string of the molecule is C[CH]C(=O)N[C@H](C(=O)N1CCN(C(=O)c2cc3cc(F)ccc3[nH]2)CC1)C1CCCCC1. The standard InChI is InChI=1S/C24H30FN4O3/c1-2-21(30)27-22(16-6-4-3-5-7-16)24(32)29-12-10-28(11-13-29)23(31)20-15-17-14-18(25)8-9-19(17)26-20/h2,8-9,14-16,22,26H,3-7,10-13H2,1H3,(H,27,30)/t22-/m0/s1. The first-order chi connectivity index (χ1) is 15.5. The second-order valence-electron chi connectivity index (χ2n) is 8.71. The van der Waals surface area contributed by atoms with Crippen LogP contribution in [0.25, 0.3) is 10.9 Å². The van der Waals surface area contributed by atoms with Crippen LogP contribution in [0.5, 0.6) is 0 Å². The van der Waals surface area contributed by atoms with Crippen LogP contribution in [-0.4, -0.2) is 64.7 Å². The molecule has 171 valence electrons. The Morgan fingerprint density at radius 1 is 1.06 bits per heavy atom. The second-order valence-corrected chi connectivity index (χ2v) is 8.71. The summed E-state index contributed by atoms with van der Waals surface area (Å²) in [6.07, 6.45) is 6.67. The number of halogens is 1. The van der Waals surface area contributed by atoms with Crippen LogP contribution >= 0.6 is 0 Å². The van der Waals surface area contributed by atoms with Crippen LogP contribution in [0, 0.1) is 18.2 Å². The molecule has 1 saturated heterocycles. The van der Waals surface area contributed by atoms with Crippen molar-refractivity contribution in [2.75, 3.05) is 26.2 Å². The van der Waals surface area contributed by atoms with E-state index in [4.69, 9.17) is 0 Å². The normalized spacial score (nSPS) is 18.6. The molecule has 1 aromatic heterocycles. The van der Waals surface area contributed by atoms with Gasteiger partial charge in [-0.3, -0.25) is 14.4 Å². The van der Waals surface area contributed by atoms with E-state index in [1.807, 2.05) is 0 Å². The van der Waals surface area contributed by atoms with Gasteiger partial charge in [0.25, 0.3) is 5.91 Å². The lowest BCUT2D eigenvalue weighted by atomic mass is 9.83. The Morgan fingerprint density at radius 3 is 2.44 bits per heavy atom. The summed E-state index contributed by atoms with van der Waals surface area (Å²) in [6.45, 7) is 3.35. The van der Waals surface area contributed by atoms with Crippen molar-refractivity contribution in [2.45, 2.75) is 45.1 Å². The minimum Gasteiger partial charge on any atom is -0.351 e. The monoisotopic (exact) mass is 441 g/mol. The van der Waals surface area contributed by atoms with Gasteiger partial charge < -0.3 is 20.1 Å². The first-order valence-corrected chi connectivity index (χ1v) is 11.4. The van der Waals surface area contributed by atoms with Crippen molar-refractivity contribution in [3.05, 3.63) is 42.2 Å². The Kier molecular flexibility index (Phi) is 6.77. The number of aromatic amines is 1. The summed E-state index contributed by atoms with van der Waals surface area (Å²) in [7, 11) is 0. The summed E-state index contributed by atoms with van der Waals surface area (Å²) < 4.78 is 13.4. The van der Waals surface area contributed by atoms with Gasteiger partial charge in [0.15, 0.2) is 0 Å². The van der Waals surface area contributed by atoms with E-state index in [9.17, 15) is 18.8 Å². The van der Waals surface area contributed by atoms with Gasteiger partial charge in [0.2, 0.25) is 11.8 Å². The molecule has 0 bridgehead atoms. The quantitative estimate of drug-likeness (QED) is 0.748. The highest BCUT2D eigenvalue weighted by Crippen LogP contribution is 2.28. The first-order valence-electron chi connectivity index (χ1n) is 11.4. The molecule has 0 spiro atoms. The number of H-pyrrole nitrogens is 1. The van der Waals surface area contributed by atoms with E-state index >= 15 is 0 Å². The maximum Gasteiger partial charge on any atom is 0.270 e. The van der Waals surface area contributed by atoms with Crippen LogP contribution in [0.2, 0.25) is 0 Å². The van der Waals surface area contributed by atoms with E-state index in [0.717, 1.165) is 25.7 Å². The molecule has 2 aromatic rings. The van der Waals surface area contributed by atoms with Crippen LogP contribution in [-0.2, 0) is 9.59 Å². The van der Waals surface area contributed by atoms with Crippen molar-refractivity contribution in [2.24, 2.45) is 5.92 Å². The minimum atomic E-state index is -0.509. The molecule has 1 saturated carbocycles. The zero-order valence-electron chi connectivity index (χ0n) is 18.4. The number of rotatable bonds is 5. The van der Waals surface area contributed by atoms with E-state index in [-0.39, 0.29) is 29.5 Å². The minimum absolute atomic E-state index is 0.0553. The van der Waals surface area contributed by atoms with Crippen molar-refractivity contribution in [1.82, 2.24) is 20.1 Å². The lowest BCUT2D eigenvalue weighted by molar-refractivity contribution is -0.139. The van der Waals surface area contributed by atoms with Crippen LogP contribution in [0.4, 0.5) is 4.39 Å². The molecule has 0 unspecified atom stereocenters. The van der Waals surface area contributed by atoms with Gasteiger partial charge in [0.1, 0.15) is 17.6 Å². The molecule has 1 aliphatic heterocycles. The van der Waals surface area contributed by atoms with E-state index < -0.39 is 6.04 Å². The number of carbonyl (C=O) groups excluding carboxylic acids is 3. The van der Waals surface area contributed by atoms with Gasteiger partial charge in [0.05, 0.1) is 0 Å². The Balaban J connectivity index is 1.40. The van der Waals surface area contributed by atoms with Gasteiger partial charge >= 0.3 is 0 Å². The summed E-state index contributed by atoms with van der Waals surface area (Å²) >= 11 is 0. The molecule has 1 radical (unpaired) electrons. The van der Waals surface area contributed by atoms with E-state index in [2.05, 4.69) is 10.3 Å². The third-order valence-corrected chi connectivity index (χ3v) is 6.64. The van der Waals surface area contributed by atoms with Crippen molar-refractivity contribution in [1.29, 1.82) is 0 Å². The van der Waals surface area contributed by atoms with Gasteiger partial charge in [-0.1, -0.05) is 26.2 Å². The summed E-state index contributed by atoms with van der Waals surface area (Å²) in [6, 6.07) is 5.52. The Labute approximate surface area is 187 Å². The average Bonchev–Trinajstić information content (AvgIpc) is 3.25. The molecule has 1 aromatic carbocycles. The summed E-state index contributed by atoms with van der Waals surface area (Å²) in [5.41, 5.74) is 1.12. The fraction of sp³-hybridized carbons (Fsp3) is 0.500. The highest BCUT2D eigenvalue weighted by molar-refractivity contribution is 5.98. The molecule has 1 atom stereocenters. The molecule has 2 fully saturated rings.